The molecule has 2 atom stereocenters. The number of thioether (sulfide) groups is 1. The molecule has 1 rings (SSSR count). The van der Waals surface area contributed by atoms with Crippen molar-refractivity contribution in [1.29, 1.82) is 0 Å². The van der Waals surface area contributed by atoms with Gasteiger partial charge in [0.1, 0.15) is 11.9 Å². The molecular formula is C13H18O4S. The minimum Gasteiger partial charge on any atom is -0.508 e. The van der Waals surface area contributed by atoms with Crippen LogP contribution in [0.1, 0.15) is 30.6 Å². The van der Waals surface area contributed by atoms with Crippen LogP contribution in [0.25, 0.3) is 0 Å². The Labute approximate surface area is 111 Å². The molecule has 0 radical (unpaired) electrons. The third kappa shape index (κ3) is 4.01. The van der Waals surface area contributed by atoms with Crippen LogP contribution in [0.2, 0.25) is 0 Å². The largest absolute Gasteiger partial charge is 0.508 e. The predicted octanol–water partition coefficient (Wildman–Crippen LogP) is 1.76. The third-order valence-electron chi connectivity index (χ3n) is 2.75. The zero-order valence-corrected chi connectivity index (χ0v) is 11.3. The SMILES string of the molecule is CC(=O)SCCC(O)C(O)c1cccc(O)c1C. The summed E-state index contributed by atoms with van der Waals surface area (Å²) in [5, 5.41) is 29.4. The molecule has 4 nitrogen and oxygen atoms in total. The van der Waals surface area contributed by atoms with Crippen LogP contribution in [0.3, 0.4) is 0 Å². The maximum atomic E-state index is 10.7. The van der Waals surface area contributed by atoms with Crippen LogP contribution < -0.4 is 0 Å². The summed E-state index contributed by atoms with van der Waals surface area (Å²) in [5.74, 6) is 0.558. The molecule has 0 aliphatic carbocycles. The number of phenols is 1. The number of benzene rings is 1. The Morgan fingerprint density at radius 2 is 2.06 bits per heavy atom. The molecule has 0 aliphatic heterocycles. The van der Waals surface area contributed by atoms with E-state index < -0.39 is 12.2 Å². The van der Waals surface area contributed by atoms with Gasteiger partial charge in [-0.3, -0.25) is 4.79 Å². The van der Waals surface area contributed by atoms with Crippen LogP contribution in [0.4, 0.5) is 0 Å². The van der Waals surface area contributed by atoms with Crippen LogP contribution >= 0.6 is 11.8 Å². The van der Waals surface area contributed by atoms with Crippen molar-refractivity contribution in [1.82, 2.24) is 0 Å². The summed E-state index contributed by atoms with van der Waals surface area (Å²) in [7, 11) is 0. The third-order valence-corrected chi connectivity index (χ3v) is 3.60. The number of carbonyl (C=O) groups excluding carboxylic acids is 1. The molecule has 2 unspecified atom stereocenters. The van der Waals surface area contributed by atoms with E-state index in [-0.39, 0.29) is 10.9 Å². The number of aliphatic hydroxyl groups is 2. The number of aliphatic hydroxyl groups excluding tert-OH is 2. The van der Waals surface area contributed by atoms with Crippen molar-refractivity contribution in [3.05, 3.63) is 29.3 Å². The highest BCUT2D eigenvalue weighted by Crippen LogP contribution is 2.28. The van der Waals surface area contributed by atoms with Crippen molar-refractivity contribution in [2.75, 3.05) is 5.75 Å². The molecule has 0 aliphatic rings. The van der Waals surface area contributed by atoms with Crippen molar-refractivity contribution < 1.29 is 20.1 Å². The lowest BCUT2D eigenvalue weighted by molar-refractivity contribution is -0.109. The van der Waals surface area contributed by atoms with E-state index in [1.165, 1.54) is 13.0 Å². The van der Waals surface area contributed by atoms with E-state index >= 15 is 0 Å². The molecule has 0 heterocycles. The molecule has 1 aromatic carbocycles. The molecule has 0 spiro atoms. The van der Waals surface area contributed by atoms with Gasteiger partial charge in [0.15, 0.2) is 5.12 Å². The van der Waals surface area contributed by atoms with E-state index in [4.69, 9.17) is 0 Å². The predicted molar refractivity (Wildman–Crippen MR) is 71.6 cm³/mol. The van der Waals surface area contributed by atoms with Crippen molar-refractivity contribution in [3.63, 3.8) is 0 Å². The first-order valence-electron chi connectivity index (χ1n) is 5.71. The van der Waals surface area contributed by atoms with Crippen LogP contribution in [0.5, 0.6) is 5.75 Å². The normalized spacial score (nSPS) is 14.2. The second-order valence-corrected chi connectivity index (χ2v) is 5.40. The molecular weight excluding hydrogens is 252 g/mol. The monoisotopic (exact) mass is 270 g/mol. The first kappa shape index (κ1) is 15.0. The number of rotatable bonds is 5. The Morgan fingerprint density at radius 3 is 2.67 bits per heavy atom. The zero-order chi connectivity index (χ0) is 13.7. The van der Waals surface area contributed by atoms with Crippen molar-refractivity contribution >= 4 is 16.9 Å². The Hall–Kier alpha value is -1.04. The fraction of sp³-hybridized carbons (Fsp3) is 0.462. The highest BCUT2D eigenvalue weighted by molar-refractivity contribution is 8.13. The van der Waals surface area contributed by atoms with E-state index in [2.05, 4.69) is 0 Å². The van der Waals surface area contributed by atoms with Gasteiger partial charge in [-0.05, 0) is 30.5 Å². The minimum atomic E-state index is -1.05. The van der Waals surface area contributed by atoms with Gasteiger partial charge in [-0.1, -0.05) is 23.9 Å². The Balaban J connectivity index is 2.65. The van der Waals surface area contributed by atoms with Gasteiger partial charge in [-0.2, -0.15) is 0 Å². The highest BCUT2D eigenvalue weighted by atomic mass is 32.2. The van der Waals surface area contributed by atoms with Gasteiger partial charge in [0.2, 0.25) is 0 Å². The van der Waals surface area contributed by atoms with E-state index in [0.717, 1.165) is 11.8 Å². The summed E-state index contributed by atoms with van der Waals surface area (Å²) in [4.78, 5) is 10.7. The zero-order valence-electron chi connectivity index (χ0n) is 10.5. The molecule has 5 heteroatoms. The first-order valence-corrected chi connectivity index (χ1v) is 6.70. The average Bonchev–Trinajstić information content (AvgIpc) is 2.31. The van der Waals surface area contributed by atoms with Crippen molar-refractivity contribution in [2.24, 2.45) is 0 Å². The Morgan fingerprint density at radius 1 is 1.39 bits per heavy atom. The maximum Gasteiger partial charge on any atom is 0.185 e. The Bertz CT molecular complexity index is 419. The van der Waals surface area contributed by atoms with Crippen LogP contribution in [-0.4, -0.2) is 32.3 Å². The lowest BCUT2D eigenvalue weighted by Crippen LogP contribution is -2.20. The maximum absolute atomic E-state index is 10.7. The molecule has 3 N–H and O–H groups in total. The van der Waals surface area contributed by atoms with E-state index in [1.807, 2.05) is 0 Å². The summed E-state index contributed by atoms with van der Waals surface area (Å²) in [5.41, 5.74) is 1.07. The van der Waals surface area contributed by atoms with Crippen molar-refractivity contribution in [2.45, 2.75) is 32.5 Å². The van der Waals surface area contributed by atoms with Gasteiger partial charge in [-0.25, -0.2) is 0 Å². The quantitative estimate of drug-likeness (QED) is 0.760. The Kier molecular flexibility index (Phi) is 5.65. The summed E-state index contributed by atoms with van der Waals surface area (Å²) in [6.45, 7) is 3.15. The molecule has 0 saturated carbocycles. The van der Waals surface area contributed by atoms with Crippen LogP contribution in [-0.2, 0) is 4.79 Å². The standard InChI is InChI=1S/C13H18O4S/c1-8-10(4-3-5-11(8)15)13(17)12(16)6-7-18-9(2)14/h3-5,12-13,15-17H,6-7H2,1-2H3. The summed E-state index contributed by atoms with van der Waals surface area (Å²) in [6.07, 6.45) is -1.68. The number of aromatic hydroxyl groups is 1. The first-order chi connectivity index (χ1) is 8.43. The molecule has 0 bridgehead atoms. The summed E-state index contributed by atoms with van der Waals surface area (Å²) in [6, 6.07) is 4.82. The minimum absolute atomic E-state index is 0.00905. The number of carbonyl (C=O) groups is 1. The van der Waals surface area contributed by atoms with Gasteiger partial charge in [-0.15, -0.1) is 0 Å². The topological polar surface area (TPSA) is 77.8 Å². The molecule has 0 saturated heterocycles. The van der Waals surface area contributed by atoms with Crippen LogP contribution in [0, 0.1) is 6.92 Å². The van der Waals surface area contributed by atoms with Gasteiger partial charge in [0.05, 0.1) is 6.10 Å². The number of hydrogen-bond donors (Lipinski definition) is 3. The van der Waals surface area contributed by atoms with E-state index in [9.17, 15) is 20.1 Å². The summed E-state index contributed by atoms with van der Waals surface area (Å²) >= 11 is 1.12. The molecule has 0 fully saturated rings. The average molecular weight is 270 g/mol. The highest BCUT2D eigenvalue weighted by Gasteiger charge is 2.20. The smallest absolute Gasteiger partial charge is 0.185 e. The molecule has 100 valence electrons. The lowest BCUT2D eigenvalue weighted by atomic mass is 9.98. The number of phenolic OH excluding ortho intramolecular Hbond substituents is 1. The lowest BCUT2D eigenvalue weighted by Gasteiger charge is -2.20. The van der Waals surface area contributed by atoms with Gasteiger partial charge < -0.3 is 15.3 Å². The number of hydrogen-bond acceptors (Lipinski definition) is 5. The summed E-state index contributed by atoms with van der Waals surface area (Å²) < 4.78 is 0. The van der Waals surface area contributed by atoms with E-state index in [0.29, 0.717) is 23.3 Å². The van der Waals surface area contributed by atoms with E-state index in [1.54, 1.807) is 19.1 Å². The molecule has 0 amide bonds. The fourth-order valence-electron chi connectivity index (χ4n) is 1.65. The van der Waals surface area contributed by atoms with Gasteiger partial charge in [0, 0.05) is 12.7 Å². The molecule has 18 heavy (non-hydrogen) atoms. The fourth-order valence-corrected chi connectivity index (χ4v) is 2.30. The van der Waals surface area contributed by atoms with Gasteiger partial charge in [0.25, 0.3) is 0 Å². The van der Waals surface area contributed by atoms with Crippen LogP contribution in [0.15, 0.2) is 18.2 Å². The second-order valence-electron chi connectivity index (χ2n) is 4.13. The van der Waals surface area contributed by atoms with Crippen molar-refractivity contribution in [3.8, 4) is 5.75 Å². The molecule has 1 aromatic rings. The van der Waals surface area contributed by atoms with Gasteiger partial charge >= 0.3 is 0 Å². The molecule has 0 aromatic heterocycles. The second kappa shape index (κ2) is 6.78.